The summed E-state index contributed by atoms with van der Waals surface area (Å²) in [7, 11) is 0. The second-order valence-corrected chi connectivity index (χ2v) is 6.71. The van der Waals surface area contributed by atoms with Crippen LogP contribution in [0.5, 0.6) is 11.5 Å². The van der Waals surface area contributed by atoms with E-state index < -0.39 is 6.03 Å². The van der Waals surface area contributed by atoms with E-state index >= 15 is 0 Å². The van der Waals surface area contributed by atoms with Crippen LogP contribution in [-0.4, -0.2) is 31.4 Å². The summed E-state index contributed by atoms with van der Waals surface area (Å²) in [6, 6.07) is 12.4. The molecule has 4 N–H and O–H groups in total. The normalized spacial score (nSPS) is 10.5. The van der Waals surface area contributed by atoms with E-state index in [0.717, 1.165) is 9.13 Å². The van der Waals surface area contributed by atoms with Crippen molar-refractivity contribution < 1.29 is 19.1 Å². The molecule has 0 bridgehead atoms. The predicted octanol–water partition coefficient (Wildman–Crippen LogP) is 2.39. The van der Waals surface area contributed by atoms with Crippen LogP contribution in [-0.2, 0) is 11.3 Å². The van der Waals surface area contributed by atoms with Crippen LogP contribution < -0.4 is 25.9 Å². The van der Waals surface area contributed by atoms with Crippen LogP contribution in [0.2, 0.25) is 0 Å². The summed E-state index contributed by atoms with van der Waals surface area (Å²) in [5, 5.41) is 6.54. The summed E-state index contributed by atoms with van der Waals surface area (Å²) in [6.45, 7) is 2.56. The number of carbonyl (C=O) groups excluding carboxylic acids is 2. The molecule has 0 saturated carbocycles. The van der Waals surface area contributed by atoms with Crippen molar-refractivity contribution in [3.05, 3.63) is 57.2 Å². The van der Waals surface area contributed by atoms with Crippen LogP contribution in [0.15, 0.2) is 47.6 Å². The highest BCUT2D eigenvalue weighted by Crippen LogP contribution is 2.33. The topological polar surface area (TPSA) is 115 Å². The van der Waals surface area contributed by atoms with Crippen molar-refractivity contribution in [3.8, 4) is 11.5 Å². The molecule has 0 atom stereocenters. The van der Waals surface area contributed by atoms with Crippen molar-refractivity contribution in [2.75, 3.05) is 13.2 Å². The van der Waals surface area contributed by atoms with Gasteiger partial charge in [-0.1, -0.05) is 30.3 Å². The summed E-state index contributed by atoms with van der Waals surface area (Å²) in [5.41, 5.74) is 8.79. The molecule has 28 heavy (non-hydrogen) atoms. The first kappa shape index (κ1) is 21.5. The first-order chi connectivity index (χ1) is 13.5. The largest absolute Gasteiger partial charge is 0.490 e. The highest BCUT2D eigenvalue weighted by atomic mass is 127. The average molecular weight is 496 g/mol. The lowest BCUT2D eigenvalue weighted by molar-refractivity contribution is -0.123. The minimum absolute atomic E-state index is 0.139. The molecule has 0 heterocycles. The maximum atomic E-state index is 12.1. The standard InChI is InChI=1S/C19H21IN4O4/c1-2-27-16-9-14(11-23-24-19(21)26)8-15(20)18(16)28-12-17(25)22-10-13-6-4-3-5-7-13/h3-9,11H,2,10,12H2,1H3,(H,22,25)(H3,21,24,26)/b23-11-. The number of nitrogens with two attached hydrogens (primary N) is 1. The number of primary amides is 1. The van der Waals surface area contributed by atoms with Crippen LogP contribution in [0.25, 0.3) is 0 Å². The van der Waals surface area contributed by atoms with Gasteiger partial charge in [-0.25, -0.2) is 10.2 Å². The number of urea groups is 1. The monoisotopic (exact) mass is 496 g/mol. The van der Waals surface area contributed by atoms with Crippen molar-refractivity contribution in [1.29, 1.82) is 0 Å². The minimum atomic E-state index is -0.752. The quantitative estimate of drug-likeness (QED) is 0.281. The Morgan fingerprint density at radius 3 is 2.64 bits per heavy atom. The molecule has 148 valence electrons. The molecule has 0 radical (unpaired) electrons. The first-order valence-corrected chi connectivity index (χ1v) is 9.55. The van der Waals surface area contributed by atoms with Crippen molar-refractivity contribution in [1.82, 2.24) is 10.7 Å². The van der Waals surface area contributed by atoms with E-state index in [1.165, 1.54) is 6.21 Å². The number of rotatable bonds is 9. The molecule has 0 aliphatic rings. The smallest absolute Gasteiger partial charge is 0.332 e. The minimum Gasteiger partial charge on any atom is -0.490 e. The fourth-order valence-corrected chi connectivity index (χ4v) is 3.00. The number of benzene rings is 2. The third kappa shape index (κ3) is 7.06. The summed E-state index contributed by atoms with van der Waals surface area (Å²) < 4.78 is 12.0. The van der Waals surface area contributed by atoms with Gasteiger partial charge in [0.05, 0.1) is 16.4 Å². The zero-order valence-electron chi connectivity index (χ0n) is 15.3. The summed E-state index contributed by atoms with van der Waals surface area (Å²) in [5.74, 6) is 0.710. The van der Waals surface area contributed by atoms with Gasteiger partial charge in [-0.2, -0.15) is 5.10 Å². The van der Waals surface area contributed by atoms with Crippen LogP contribution in [0.1, 0.15) is 18.1 Å². The van der Waals surface area contributed by atoms with E-state index in [2.05, 4.69) is 38.4 Å². The van der Waals surface area contributed by atoms with Crippen LogP contribution >= 0.6 is 22.6 Å². The average Bonchev–Trinajstić information content (AvgIpc) is 2.66. The van der Waals surface area contributed by atoms with E-state index in [0.29, 0.717) is 30.2 Å². The lowest BCUT2D eigenvalue weighted by Gasteiger charge is -2.14. The lowest BCUT2D eigenvalue weighted by Crippen LogP contribution is -2.28. The van der Waals surface area contributed by atoms with E-state index in [9.17, 15) is 9.59 Å². The number of hydrogen-bond donors (Lipinski definition) is 3. The van der Waals surface area contributed by atoms with Crippen LogP contribution in [0, 0.1) is 3.57 Å². The molecule has 2 aromatic rings. The molecule has 0 spiro atoms. The number of nitrogens with zero attached hydrogens (tertiary/aromatic N) is 1. The van der Waals surface area contributed by atoms with E-state index in [4.69, 9.17) is 15.2 Å². The van der Waals surface area contributed by atoms with E-state index in [-0.39, 0.29) is 12.5 Å². The summed E-state index contributed by atoms with van der Waals surface area (Å²) in [4.78, 5) is 22.8. The molecular weight excluding hydrogens is 475 g/mol. The highest BCUT2D eigenvalue weighted by molar-refractivity contribution is 14.1. The number of hydrogen-bond acceptors (Lipinski definition) is 5. The lowest BCUT2D eigenvalue weighted by atomic mass is 10.2. The Balaban J connectivity index is 2.01. The van der Waals surface area contributed by atoms with Crippen molar-refractivity contribution in [2.45, 2.75) is 13.5 Å². The Hall–Kier alpha value is -2.82. The zero-order valence-corrected chi connectivity index (χ0v) is 17.4. The van der Waals surface area contributed by atoms with Gasteiger partial charge in [-0.3, -0.25) is 4.79 Å². The van der Waals surface area contributed by atoms with Gasteiger partial charge in [0.1, 0.15) is 0 Å². The van der Waals surface area contributed by atoms with Gasteiger partial charge < -0.3 is 20.5 Å². The van der Waals surface area contributed by atoms with Gasteiger partial charge in [0, 0.05) is 6.54 Å². The molecule has 0 aromatic heterocycles. The Labute approximate surface area is 176 Å². The maximum absolute atomic E-state index is 12.1. The van der Waals surface area contributed by atoms with Gasteiger partial charge in [0.15, 0.2) is 18.1 Å². The summed E-state index contributed by atoms with van der Waals surface area (Å²) >= 11 is 2.08. The molecule has 2 aromatic carbocycles. The third-order valence-electron chi connectivity index (χ3n) is 3.40. The molecule has 8 nitrogen and oxygen atoms in total. The number of nitrogens with one attached hydrogen (secondary N) is 2. The van der Waals surface area contributed by atoms with Crippen LogP contribution in [0.4, 0.5) is 4.79 Å². The number of hydrazone groups is 1. The van der Waals surface area contributed by atoms with E-state index in [1.807, 2.05) is 37.3 Å². The fraction of sp³-hybridized carbons (Fsp3) is 0.211. The first-order valence-electron chi connectivity index (χ1n) is 8.48. The molecule has 9 heteroatoms. The van der Waals surface area contributed by atoms with E-state index in [1.54, 1.807) is 12.1 Å². The fourth-order valence-electron chi connectivity index (χ4n) is 2.22. The number of amides is 3. The molecule has 0 aliphatic heterocycles. The van der Waals surface area contributed by atoms with Gasteiger partial charge in [-0.05, 0) is 52.8 Å². The van der Waals surface area contributed by atoms with Crippen molar-refractivity contribution in [3.63, 3.8) is 0 Å². The van der Waals surface area contributed by atoms with Crippen LogP contribution in [0.3, 0.4) is 0 Å². The Morgan fingerprint density at radius 2 is 1.96 bits per heavy atom. The Morgan fingerprint density at radius 1 is 1.21 bits per heavy atom. The second-order valence-electron chi connectivity index (χ2n) is 5.55. The zero-order chi connectivity index (χ0) is 20.4. The molecule has 0 aliphatic carbocycles. The molecule has 0 saturated heterocycles. The van der Waals surface area contributed by atoms with Gasteiger partial charge in [0.2, 0.25) is 0 Å². The number of carbonyl (C=O) groups is 2. The Bertz CT molecular complexity index is 843. The molecular formula is C19H21IN4O4. The second kappa shape index (κ2) is 11.1. The molecule has 3 amide bonds. The number of halogens is 1. The Kier molecular flexibility index (Phi) is 8.53. The predicted molar refractivity (Wildman–Crippen MR) is 114 cm³/mol. The van der Waals surface area contributed by atoms with Gasteiger partial charge in [0.25, 0.3) is 5.91 Å². The molecule has 0 unspecified atom stereocenters. The summed E-state index contributed by atoms with van der Waals surface area (Å²) in [6.07, 6.45) is 1.44. The molecule has 2 rings (SSSR count). The highest BCUT2D eigenvalue weighted by Gasteiger charge is 2.13. The van der Waals surface area contributed by atoms with Gasteiger partial charge >= 0.3 is 6.03 Å². The maximum Gasteiger partial charge on any atom is 0.332 e. The van der Waals surface area contributed by atoms with Gasteiger partial charge in [-0.15, -0.1) is 0 Å². The number of ether oxygens (including phenoxy) is 2. The van der Waals surface area contributed by atoms with Crippen molar-refractivity contribution in [2.24, 2.45) is 10.8 Å². The third-order valence-corrected chi connectivity index (χ3v) is 4.20. The van der Waals surface area contributed by atoms with Crippen molar-refractivity contribution >= 4 is 40.7 Å². The molecule has 0 fully saturated rings. The SMILES string of the molecule is CCOc1cc(/C=N\NC(N)=O)cc(I)c1OCC(=O)NCc1ccccc1.